The lowest BCUT2D eigenvalue weighted by atomic mass is 10.2. The first-order valence-corrected chi connectivity index (χ1v) is 6.91. The zero-order valence-electron chi connectivity index (χ0n) is 11.4. The van der Waals surface area contributed by atoms with Crippen molar-refractivity contribution in [2.24, 2.45) is 0 Å². The molecule has 0 saturated carbocycles. The van der Waals surface area contributed by atoms with Crippen LogP contribution in [0.1, 0.15) is 5.76 Å². The van der Waals surface area contributed by atoms with E-state index < -0.39 is 0 Å². The third-order valence-electron chi connectivity index (χ3n) is 2.86. The smallest absolute Gasteiger partial charge is 0.244 e. The maximum atomic E-state index is 11.8. The lowest BCUT2D eigenvalue weighted by Gasteiger charge is -2.01. The highest BCUT2D eigenvalue weighted by atomic mass is 35.5. The van der Waals surface area contributed by atoms with Crippen LogP contribution in [0.4, 0.5) is 0 Å². The Bertz CT molecular complexity index is 769. The van der Waals surface area contributed by atoms with Gasteiger partial charge in [0.25, 0.3) is 0 Å². The minimum atomic E-state index is -0.230. The number of nitrogens with zero attached hydrogens (tertiary/aromatic N) is 4. The quantitative estimate of drug-likeness (QED) is 0.776. The first-order valence-electron chi connectivity index (χ1n) is 6.53. The summed E-state index contributed by atoms with van der Waals surface area (Å²) in [5.74, 6) is 0.868. The van der Waals surface area contributed by atoms with Gasteiger partial charge in [0.05, 0.1) is 12.8 Å². The Balaban J connectivity index is 1.60. The lowest BCUT2D eigenvalue weighted by Crippen LogP contribution is -2.27. The monoisotopic (exact) mass is 317 g/mol. The Morgan fingerprint density at radius 1 is 1.32 bits per heavy atom. The molecule has 0 unspecified atom stereocenters. The number of nitrogens with one attached hydrogen (secondary N) is 1. The normalized spacial score (nSPS) is 10.6. The Kier molecular flexibility index (Phi) is 4.15. The average Bonchev–Trinajstić information content (AvgIpc) is 3.16. The van der Waals surface area contributed by atoms with Crippen LogP contribution in [-0.4, -0.2) is 26.1 Å². The second-order valence-corrected chi connectivity index (χ2v) is 4.95. The molecule has 1 N–H and O–H groups in total. The summed E-state index contributed by atoms with van der Waals surface area (Å²) in [6.45, 7) is 0.302. The van der Waals surface area contributed by atoms with Crippen molar-refractivity contribution in [3.63, 3.8) is 0 Å². The first kappa shape index (κ1) is 14.3. The van der Waals surface area contributed by atoms with Crippen LogP contribution in [0, 0.1) is 0 Å². The van der Waals surface area contributed by atoms with E-state index in [-0.39, 0.29) is 12.5 Å². The Hall–Kier alpha value is -2.67. The molecule has 22 heavy (non-hydrogen) atoms. The summed E-state index contributed by atoms with van der Waals surface area (Å²) in [5.41, 5.74) is 0.745. The van der Waals surface area contributed by atoms with Gasteiger partial charge in [-0.3, -0.25) is 4.79 Å². The predicted molar refractivity (Wildman–Crippen MR) is 78.8 cm³/mol. The molecule has 0 saturated heterocycles. The molecule has 0 aliphatic heterocycles. The van der Waals surface area contributed by atoms with Crippen molar-refractivity contribution in [3.8, 4) is 11.4 Å². The van der Waals surface area contributed by atoms with Crippen molar-refractivity contribution >= 4 is 17.5 Å². The molecule has 0 aliphatic rings. The fourth-order valence-electron chi connectivity index (χ4n) is 1.84. The van der Waals surface area contributed by atoms with Crippen molar-refractivity contribution in [1.29, 1.82) is 0 Å². The number of carbonyl (C=O) groups excluding carboxylic acids is 1. The van der Waals surface area contributed by atoms with Gasteiger partial charge in [-0.2, -0.15) is 4.80 Å². The third-order valence-corrected chi connectivity index (χ3v) is 3.10. The van der Waals surface area contributed by atoms with Gasteiger partial charge in [-0.15, -0.1) is 10.2 Å². The molecule has 0 fully saturated rings. The summed E-state index contributed by atoms with van der Waals surface area (Å²) in [6.07, 6.45) is 1.55. The second kappa shape index (κ2) is 6.40. The molecule has 112 valence electrons. The largest absolute Gasteiger partial charge is 0.467 e. The molecular formula is C14H12ClN5O2. The maximum absolute atomic E-state index is 11.8. The van der Waals surface area contributed by atoms with E-state index in [0.29, 0.717) is 23.2 Å². The summed E-state index contributed by atoms with van der Waals surface area (Å²) in [5, 5.41) is 15.2. The van der Waals surface area contributed by atoms with Gasteiger partial charge in [0.15, 0.2) is 0 Å². The van der Waals surface area contributed by atoms with E-state index in [1.165, 1.54) is 4.80 Å². The summed E-state index contributed by atoms with van der Waals surface area (Å²) >= 11 is 5.92. The van der Waals surface area contributed by atoms with E-state index in [9.17, 15) is 4.79 Å². The molecule has 1 aromatic carbocycles. The topological polar surface area (TPSA) is 85.8 Å². The number of furan rings is 1. The van der Waals surface area contributed by atoms with E-state index in [1.54, 1.807) is 36.6 Å². The molecule has 2 heterocycles. The number of halogens is 1. The molecule has 0 bridgehead atoms. The zero-order valence-corrected chi connectivity index (χ0v) is 12.2. The minimum absolute atomic E-state index is 0.0196. The highest BCUT2D eigenvalue weighted by Crippen LogP contribution is 2.18. The van der Waals surface area contributed by atoms with Crippen LogP contribution in [0.15, 0.2) is 47.1 Å². The number of tetrazole rings is 1. The standard InChI is InChI=1S/C14H12ClN5O2/c15-11-4-1-3-10(7-11)14-17-19-20(18-14)9-13(21)16-8-12-5-2-6-22-12/h1-7H,8-9H2,(H,16,21). The molecule has 2 aromatic heterocycles. The van der Waals surface area contributed by atoms with Gasteiger partial charge in [-0.25, -0.2) is 0 Å². The number of hydrogen-bond acceptors (Lipinski definition) is 5. The van der Waals surface area contributed by atoms with Crippen LogP contribution in [0.2, 0.25) is 5.02 Å². The molecule has 1 amide bonds. The fraction of sp³-hybridized carbons (Fsp3) is 0.143. The number of benzene rings is 1. The minimum Gasteiger partial charge on any atom is -0.467 e. The molecule has 3 rings (SSSR count). The van der Waals surface area contributed by atoms with Gasteiger partial charge >= 0.3 is 0 Å². The van der Waals surface area contributed by atoms with Crippen LogP contribution >= 0.6 is 11.6 Å². The summed E-state index contributed by atoms with van der Waals surface area (Å²) in [4.78, 5) is 13.0. The van der Waals surface area contributed by atoms with E-state index >= 15 is 0 Å². The van der Waals surface area contributed by atoms with Crippen LogP contribution < -0.4 is 5.32 Å². The molecule has 0 atom stereocenters. The zero-order chi connectivity index (χ0) is 15.4. The molecular weight excluding hydrogens is 306 g/mol. The van der Waals surface area contributed by atoms with Crippen molar-refractivity contribution < 1.29 is 9.21 Å². The molecule has 8 heteroatoms. The van der Waals surface area contributed by atoms with E-state index in [4.69, 9.17) is 16.0 Å². The van der Waals surface area contributed by atoms with Gasteiger partial charge in [-0.1, -0.05) is 23.7 Å². The molecule has 0 spiro atoms. The third kappa shape index (κ3) is 3.50. The summed E-state index contributed by atoms with van der Waals surface area (Å²) in [7, 11) is 0. The van der Waals surface area contributed by atoms with Gasteiger partial charge in [0.2, 0.25) is 11.7 Å². The lowest BCUT2D eigenvalue weighted by molar-refractivity contribution is -0.122. The van der Waals surface area contributed by atoms with Crippen LogP contribution in [0.5, 0.6) is 0 Å². The van der Waals surface area contributed by atoms with Gasteiger partial charge < -0.3 is 9.73 Å². The van der Waals surface area contributed by atoms with Crippen molar-refractivity contribution in [3.05, 3.63) is 53.4 Å². The number of rotatable bonds is 5. The first-order chi connectivity index (χ1) is 10.7. The summed E-state index contributed by atoms with van der Waals surface area (Å²) < 4.78 is 5.13. The van der Waals surface area contributed by atoms with Crippen LogP contribution in [0.25, 0.3) is 11.4 Å². The van der Waals surface area contributed by atoms with Crippen LogP contribution in [-0.2, 0) is 17.9 Å². The van der Waals surface area contributed by atoms with Gasteiger partial charge in [0.1, 0.15) is 12.3 Å². The van der Waals surface area contributed by atoms with E-state index in [2.05, 4.69) is 20.7 Å². The fourth-order valence-corrected chi connectivity index (χ4v) is 2.03. The van der Waals surface area contributed by atoms with Gasteiger partial charge in [0, 0.05) is 10.6 Å². The number of aromatic nitrogens is 4. The molecule has 3 aromatic rings. The Morgan fingerprint density at radius 2 is 2.23 bits per heavy atom. The molecule has 0 radical (unpaired) electrons. The highest BCUT2D eigenvalue weighted by molar-refractivity contribution is 6.30. The molecule has 7 nitrogen and oxygen atoms in total. The second-order valence-electron chi connectivity index (χ2n) is 4.51. The van der Waals surface area contributed by atoms with Crippen molar-refractivity contribution in [2.45, 2.75) is 13.1 Å². The number of hydrogen-bond donors (Lipinski definition) is 1. The van der Waals surface area contributed by atoms with Crippen molar-refractivity contribution in [1.82, 2.24) is 25.5 Å². The Labute approximate surface area is 130 Å². The number of amides is 1. The van der Waals surface area contributed by atoms with Gasteiger partial charge in [-0.05, 0) is 29.5 Å². The predicted octanol–water partition coefficient (Wildman–Crippen LogP) is 1.90. The Morgan fingerprint density at radius 3 is 3.00 bits per heavy atom. The van der Waals surface area contributed by atoms with E-state index in [0.717, 1.165) is 5.56 Å². The highest BCUT2D eigenvalue weighted by Gasteiger charge is 2.09. The maximum Gasteiger partial charge on any atom is 0.244 e. The van der Waals surface area contributed by atoms with Crippen LogP contribution in [0.3, 0.4) is 0 Å². The SMILES string of the molecule is O=C(Cn1nnc(-c2cccc(Cl)c2)n1)NCc1ccco1. The summed E-state index contributed by atoms with van der Waals surface area (Å²) in [6, 6.07) is 10.7. The van der Waals surface area contributed by atoms with Crippen molar-refractivity contribution in [2.75, 3.05) is 0 Å². The number of carbonyl (C=O) groups is 1. The average molecular weight is 318 g/mol. The van der Waals surface area contributed by atoms with E-state index in [1.807, 2.05) is 6.07 Å². The molecule has 0 aliphatic carbocycles.